The van der Waals surface area contributed by atoms with Crippen LogP contribution < -0.4 is 0 Å². The van der Waals surface area contributed by atoms with E-state index < -0.39 is 0 Å². The zero-order chi connectivity index (χ0) is 46.1. The summed E-state index contributed by atoms with van der Waals surface area (Å²) in [4.78, 5) is 0. The molecule has 4 nitrogen and oxygen atoms in total. The third-order valence-corrected chi connectivity index (χ3v) is 13.5. The minimum atomic E-state index is 0.781. The third kappa shape index (κ3) is 26.3. The van der Waals surface area contributed by atoms with Crippen LogP contribution in [0, 0.1) is 0 Å². The van der Waals surface area contributed by atoms with Gasteiger partial charge in [-0.3, -0.25) is 0 Å². The average molecular weight is 928 g/mol. The van der Waals surface area contributed by atoms with Crippen LogP contribution in [0.25, 0.3) is 16.9 Å². The van der Waals surface area contributed by atoms with E-state index in [9.17, 15) is 5.53 Å². The number of unbranched alkanes of at least 4 members (excludes halogenated alkanes) is 25. The molecule has 0 spiro atoms. The molecule has 2 aromatic rings. The summed E-state index contributed by atoms with van der Waals surface area (Å²) in [5.41, 5.74) is 22.1. The topological polar surface area (TPSA) is 43.8 Å². The van der Waals surface area contributed by atoms with Gasteiger partial charge in [-0.1, -0.05) is 212 Å². The quantitative estimate of drug-likeness (QED) is 0.0379. The van der Waals surface area contributed by atoms with Crippen molar-refractivity contribution in [1.29, 1.82) is 0 Å². The SMILES string of the molecule is CCCCCCCCCCCCCCCCCCCCCCCc1cccc(C2=C(CCCC)C(CCCCCC)=C(c3cccc(CCCC)c3)[N+]2=[N-])c1.CCC[O][Ni][O]CCC. The van der Waals surface area contributed by atoms with Crippen LogP contribution in [0.3, 0.4) is 0 Å². The molecule has 1 heterocycles. The Kier molecular flexibility index (Phi) is 37.3. The molecule has 0 amide bonds. The van der Waals surface area contributed by atoms with Crippen molar-refractivity contribution in [2.45, 2.75) is 266 Å². The van der Waals surface area contributed by atoms with Crippen molar-refractivity contribution < 1.29 is 27.5 Å². The third-order valence-electron chi connectivity index (χ3n) is 12.8. The molecule has 1 aliphatic heterocycles. The zero-order valence-electron chi connectivity index (χ0n) is 42.8. The predicted octanol–water partition coefficient (Wildman–Crippen LogP) is 19.9. The van der Waals surface area contributed by atoms with Gasteiger partial charge in [0.2, 0.25) is 11.4 Å². The number of nitrogens with zero attached hydrogens (tertiary/aromatic N) is 2. The molecule has 2 aromatic carbocycles. The second kappa shape index (κ2) is 41.1. The molecular formula is C59H100N2NiO2. The van der Waals surface area contributed by atoms with Crippen LogP contribution in [0.1, 0.15) is 276 Å². The van der Waals surface area contributed by atoms with Crippen LogP contribution in [0.5, 0.6) is 0 Å². The van der Waals surface area contributed by atoms with E-state index in [1.54, 1.807) is 4.70 Å². The Bertz CT molecular complexity index is 1490. The summed E-state index contributed by atoms with van der Waals surface area (Å²) in [6, 6.07) is 18.2. The van der Waals surface area contributed by atoms with E-state index in [4.69, 9.17) is 7.76 Å². The van der Waals surface area contributed by atoms with Gasteiger partial charge in [-0.2, -0.15) is 0 Å². The minimum absolute atomic E-state index is 0.781. The van der Waals surface area contributed by atoms with E-state index in [1.807, 2.05) is 0 Å². The van der Waals surface area contributed by atoms with E-state index in [0.717, 1.165) is 91.1 Å². The Labute approximate surface area is 403 Å². The number of hydrogen-bond acceptors (Lipinski definition) is 2. The van der Waals surface area contributed by atoms with Gasteiger partial charge in [0, 0.05) is 22.3 Å². The van der Waals surface area contributed by atoms with Crippen LogP contribution in [0.2, 0.25) is 0 Å². The van der Waals surface area contributed by atoms with Crippen LogP contribution in [0.15, 0.2) is 59.7 Å². The van der Waals surface area contributed by atoms with Crippen LogP contribution in [0.4, 0.5) is 0 Å². The van der Waals surface area contributed by atoms with E-state index in [2.05, 4.69) is 90.1 Å². The standard InChI is InChI=1S/C53H86N2.2C3H7O.Ni/c1-5-9-13-15-16-17-18-19-20-21-22-23-24-25-26-27-28-29-30-31-32-37-47-39-35-41-49(45-47)52-50(42-12-8-4)51(43-33-14-10-6-2)53(55(52)54)48-40-34-38-46(44-48)36-11-7-3;2*1-2-3-4;/h34-35,38-41,44-45H,5-33,36-37,42-43H2,1-4H3;2*2-3H2,1H3;/q;2*-1;+2. The average Bonchev–Trinajstić information content (AvgIpc) is 3.59. The molecule has 0 bridgehead atoms. The number of rotatable bonds is 41. The summed E-state index contributed by atoms with van der Waals surface area (Å²) in [6.45, 7) is 14.9. The maximum absolute atomic E-state index is 12.1. The Morgan fingerprint density at radius 2 is 0.688 bits per heavy atom. The fourth-order valence-corrected chi connectivity index (χ4v) is 9.62. The fourth-order valence-electron chi connectivity index (χ4n) is 8.97. The second-order valence-electron chi connectivity index (χ2n) is 18.8. The van der Waals surface area contributed by atoms with Crippen LogP contribution in [-0.4, -0.2) is 17.9 Å². The number of hydrogen-bond donors (Lipinski definition) is 0. The monoisotopic (exact) mass is 927 g/mol. The van der Waals surface area contributed by atoms with Gasteiger partial charge in [0.15, 0.2) is 0 Å². The first kappa shape index (κ1) is 58.1. The van der Waals surface area contributed by atoms with Crippen molar-refractivity contribution in [3.8, 4) is 0 Å². The molecule has 5 heteroatoms. The fraction of sp³-hybridized carbons (Fsp3) is 0.729. The molecule has 0 fully saturated rings. The van der Waals surface area contributed by atoms with Gasteiger partial charge in [0.1, 0.15) is 0 Å². The Hall–Kier alpha value is -2.07. The van der Waals surface area contributed by atoms with Crippen molar-refractivity contribution in [2.75, 3.05) is 13.2 Å². The van der Waals surface area contributed by atoms with Gasteiger partial charge in [0.25, 0.3) is 0 Å². The molecule has 0 saturated carbocycles. The molecule has 0 unspecified atom stereocenters. The molecule has 0 atom stereocenters. The van der Waals surface area contributed by atoms with E-state index >= 15 is 0 Å². The van der Waals surface area contributed by atoms with E-state index in [0.29, 0.717) is 0 Å². The van der Waals surface area contributed by atoms with Crippen molar-refractivity contribution >= 4 is 11.4 Å². The van der Waals surface area contributed by atoms with Crippen molar-refractivity contribution in [1.82, 2.24) is 0 Å². The van der Waals surface area contributed by atoms with Gasteiger partial charge in [0.05, 0.1) is 0 Å². The normalized spacial score (nSPS) is 12.8. The molecule has 368 valence electrons. The van der Waals surface area contributed by atoms with Gasteiger partial charge >= 0.3 is 62.7 Å². The second-order valence-corrected chi connectivity index (χ2v) is 19.6. The molecule has 3 rings (SSSR count). The number of aryl methyl sites for hydroxylation is 2. The summed E-state index contributed by atoms with van der Waals surface area (Å²) in [7, 11) is 0. The molecule has 1 aliphatic rings. The van der Waals surface area contributed by atoms with Crippen LogP contribution >= 0.6 is 0 Å². The summed E-state index contributed by atoms with van der Waals surface area (Å²) in [6.07, 6.45) is 45.9. The van der Waals surface area contributed by atoms with E-state index in [1.165, 1.54) is 207 Å². The first-order chi connectivity index (χ1) is 31.6. The van der Waals surface area contributed by atoms with Gasteiger partial charge < -0.3 is 5.53 Å². The summed E-state index contributed by atoms with van der Waals surface area (Å²) in [5.74, 6) is 0. The predicted molar refractivity (Wildman–Crippen MR) is 276 cm³/mol. The zero-order valence-corrected chi connectivity index (χ0v) is 43.8. The molecule has 0 saturated heterocycles. The molecule has 0 radical (unpaired) electrons. The summed E-state index contributed by atoms with van der Waals surface area (Å²) >= 11 is 0.942. The Balaban J connectivity index is 0.00000140. The van der Waals surface area contributed by atoms with Crippen molar-refractivity contribution in [3.05, 3.63) is 87.5 Å². The molecule has 0 aromatic heterocycles. The molecule has 64 heavy (non-hydrogen) atoms. The van der Waals surface area contributed by atoms with E-state index in [-0.39, 0.29) is 0 Å². The van der Waals surface area contributed by atoms with Crippen molar-refractivity contribution in [3.63, 3.8) is 0 Å². The Morgan fingerprint density at radius 3 is 1.08 bits per heavy atom. The summed E-state index contributed by atoms with van der Waals surface area (Å²) < 4.78 is 11.6. The van der Waals surface area contributed by atoms with Gasteiger partial charge in [-0.05, 0) is 86.8 Å². The van der Waals surface area contributed by atoms with Crippen LogP contribution in [-0.2, 0) is 35.7 Å². The first-order valence-electron chi connectivity index (χ1n) is 27.5. The molecule has 0 aliphatic carbocycles. The van der Waals surface area contributed by atoms with Crippen molar-refractivity contribution in [2.24, 2.45) is 0 Å². The Morgan fingerprint density at radius 1 is 0.375 bits per heavy atom. The molecule has 0 N–H and O–H groups in total. The number of allylic oxidation sites excluding steroid dienone is 2. The summed E-state index contributed by atoms with van der Waals surface area (Å²) in [5, 5.41) is 0. The van der Waals surface area contributed by atoms with Gasteiger partial charge in [-0.25, -0.2) is 4.70 Å². The number of benzene rings is 2. The molecular weight excluding hydrogens is 827 g/mol. The maximum atomic E-state index is 12.1. The van der Waals surface area contributed by atoms with Gasteiger partial charge in [-0.15, -0.1) is 0 Å². The first-order valence-corrected chi connectivity index (χ1v) is 28.3.